The van der Waals surface area contributed by atoms with Gasteiger partial charge in [0.05, 0.1) is 0 Å². The molecule has 0 aliphatic heterocycles. The lowest BCUT2D eigenvalue weighted by Crippen LogP contribution is -2.32. The highest BCUT2D eigenvalue weighted by atomic mass is 31.2. The van der Waals surface area contributed by atoms with Gasteiger partial charge in [0.1, 0.15) is 10.6 Å². The fourth-order valence-electron chi connectivity index (χ4n) is 2.34. The number of allylic oxidation sites excluding steroid dienone is 2. The topological polar surface area (TPSA) is 34.1 Å². The molecule has 0 radical (unpaired) electrons. The fourth-order valence-corrected chi connectivity index (χ4v) is 5.66. The normalized spacial score (nSPS) is 10.7. The third-order valence-electron chi connectivity index (χ3n) is 3.30. The van der Waals surface area contributed by atoms with Gasteiger partial charge in [0.25, 0.3) is 0 Å². The van der Waals surface area contributed by atoms with Crippen molar-refractivity contribution in [3.05, 3.63) is 86.0 Å². The minimum atomic E-state index is -2.90. The van der Waals surface area contributed by atoms with Gasteiger partial charge in [0.15, 0.2) is 0 Å². The summed E-state index contributed by atoms with van der Waals surface area (Å²) in [4.78, 5) is 25.4. The molecule has 2 rings (SSSR count). The first-order valence-corrected chi connectivity index (χ1v) is 8.31. The van der Waals surface area contributed by atoms with Crippen molar-refractivity contribution in [2.45, 2.75) is 0 Å². The van der Waals surface area contributed by atoms with Gasteiger partial charge in [-0.15, -0.1) is 0 Å². The highest BCUT2D eigenvalue weighted by Gasteiger charge is 2.55. The van der Waals surface area contributed by atoms with Crippen molar-refractivity contribution in [3.8, 4) is 0 Å². The second-order valence-electron chi connectivity index (χ2n) is 4.43. The molecule has 21 heavy (non-hydrogen) atoms. The van der Waals surface area contributed by atoms with Gasteiger partial charge >= 0.3 is 11.0 Å². The Bertz CT molecular complexity index is 613. The Labute approximate surface area is 125 Å². The Morgan fingerprint density at radius 1 is 0.714 bits per heavy atom. The molecule has 0 aliphatic carbocycles. The summed E-state index contributed by atoms with van der Waals surface area (Å²) in [6.07, 6.45) is 2.49. The second kappa shape index (κ2) is 6.43. The van der Waals surface area contributed by atoms with Crippen LogP contribution in [0.15, 0.2) is 86.0 Å². The van der Waals surface area contributed by atoms with Crippen LogP contribution < -0.4 is 10.6 Å². The fraction of sp³-hybridized carbons (Fsp3) is 0. The summed E-state index contributed by atoms with van der Waals surface area (Å²) in [5, 5.41) is 1.46. The maximum atomic E-state index is 12.7. The molecule has 0 aliphatic rings. The van der Waals surface area contributed by atoms with Crippen molar-refractivity contribution in [2.75, 3.05) is 0 Å². The lowest BCUT2D eigenvalue weighted by molar-refractivity contribution is -0.110. The minimum Gasteiger partial charge on any atom is -0.246 e. The molecule has 0 atom stereocenters. The summed E-state index contributed by atoms with van der Waals surface area (Å²) in [5.74, 6) is 0. The summed E-state index contributed by atoms with van der Waals surface area (Å²) in [5.41, 5.74) is -0.491. The predicted molar refractivity (Wildman–Crippen MR) is 89.5 cm³/mol. The Kier molecular flexibility index (Phi) is 4.62. The highest BCUT2D eigenvalue weighted by Crippen LogP contribution is 2.58. The van der Waals surface area contributed by atoms with E-state index in [1.54, 1.807) is 0 Å². The number of hydrogen-bond donors (Lipinski definition) is 0. The molecule has 2 nitrogen and oxygen atoms in total. The van der Waals surface area contributed by atoms with E-state index < -0.39 is 7.26 Å². The molecule has 0 aromatic heterocycles. The van der Waals surface area contributed by atoms with Crippen LogP contribution in [0.25, 0.3) is 0 Å². The third-order valence-corrected chi connectivity index (χ3v) is 7.13. The van der Waals surface area contributed by atoms with Crippen LogP contribution >= 0.6 is 7.26 Å². The molecule has 104 valence electrons. The number of rotatable bonds is 6. The number of carbonyl (C=O) groups excluding carboxylic acids is 2. The van der Waals surface area contributed by atoms with Crippen LogP contribution in [0.4, 0.5) is 0 Å². The average molecular weight is 295 g/mol. The predicted octanol–water partition coefficient (Wildman–Crippen LogP) is 3.08. The molecule has 0 bridgehead atoms. The maximum absolute atomic E-state index is 12.7. The van der Waals surface area contributed by atoms with Gasteiger partial charge < -0.3 is 0 Å². The molecular formula is C18H16O2P+. The first-order valence-electron chi connectivity index (χ1n) is 6.52. The molecule has 0 saturated carbocycles. The lowest BCUT2D eigenvalue weighted by Gasteiger charge is -2.20. The lowest BCUT2D eigenvalue weighted by atomic mass is 10.4. The molecule has 0 heterocycles. The van der Waals surface area contributed by atoms with Gasteiger partial charge in [-0.1, -0.05) is 49.6 Å². The molecule has 0 amide bonds. The van der Waals surface area contributed by atoms with Crippen LogP contribution in [-0.2, 0) is 9.59 Å². The zero-order valence-electron chi connectivity index (χ0n) is 11.6. The van der Waals surface area contributed by atoms with E-state index in [4.69, 9.17) is 0 Å². The zero-order chi connectivity index (χ0) is 15.3. The van der Waals surface area contributed by atoms with E-state index in [0.717, 1.165) is 10.6 Å². The SMILES string of the molecule is C=CC(=O)[P+](C(=O)C=C)(c1ccccc1)c1ccccc1. The first-order chi connectivity index (χ1) is 10.2. The highest BCUT2D eigenvalue weighted by molar-refractivity contribution is 8.15. The van der Waals surface area contributed by atoms with Gasteiger partial charge in [-0.2, -0.15) is 0 Å². The summed E-state index contributed by atoms with van der Waals surface area (Å²) in [6.45, 7) is 7.17. The number of hydrogen-bond acceptors (Lipinski definition) is 2. The quantitative estimate of drug-likeness (QED) is 0.606. The van der Waals surface area contributed by atoms with Gasteiger partial charge in [-0.3, -0.25) is 0 Å². The molecule has 0 fully saturated rings. The van der Waals surface area contributed by atoms with E-state index in [0.29, 0.717) is 0 Å². The van der Waals surface area contributed by atoms with Crippen molar-refractivity contribution in [3.63, 3.8) is 0 Å². The van der Waals surface area contributed by atoms with Gasteiger partial charge in [-0.25, -0.2) is 9.59 Å². The van der Waals surface area contributed by atoms with Crippen molar-refractivity contribution >= 4 is 28.9 Å². The van der Waals surface area contributed by atoms with Gasteiger partial charge in [-0.05, 0) is 24.3 Å². The van der Waals surface area contributed by atoms with E-state index in [1.807, 2.05) is 60.7 Å². The van der Waals surface area contributed by atoms with Crippen LogP contribution in [0.1, 0.15) is 0 Å². The molecule has 0 saturated heterocycles. The van der Waals surface area contributed by atoms with Crippen LogP contribution in [0.2, 0.25) is 0 Å². The third kappa shape index (κ3) is 2.51. The maximum Gasteiger partial charge on any atom is 0.309 e. The smallest absolute Gasteiger partial charge is 0.246 e. The van der Waals surface area contributed by atoms with E-state index in [2.05, 4.69) is 13.2 Å². The van der Waals surface area contributed by atoms with Crippen LogP contribution in [-0.4, -0.2) is 11.0 Å². The standard InChI is InChI=1S/C18H16O2P/c1-3-17(19)21(18(20)4-2,15-11-7-5-8-12-15)16-13-9-6-10-14-16/h3-14H,1-2H2/q+1. The Hall–Kier alpha value is -2.31. The van der Waals surface area contributed by atoms with E-state index in [9.17, 15) is 9.59 Å². The molecule has 2 aromatic carbocycles. The van der Waals surface area contributed by atoms with E-state index in [-0.39, 0.29) is 11.0 Å². The molecule has 0 spiro atoms. The van der Waals surface area contributed by atoms with E-state index in [1.165, 1.54) is 12.2 Å². The van der Waals surface area contributed by atoms with Gasteiger partial charge in [0, 0.05) is 12.2 Å². The van der Waals surface area contributed by atoms with Crippen LogP contribution in [0, 0.1) is 0 Å². The Morgan fingerprint density at radius 3 is 1.33 bits per heavy atom. The average Bonchev–Trinajstić information content (AvgIpc) is 2.57. The molecule has 0 N–H and O–H groups in total. The number of carbonyl (C=O) groups is 2. The monoisotopic (exact) mass is 295 g/mol. The van der Waals surface area contributed by atoms with Crippen molar-refractivity contribution in [1.29, 1.82) is 0 Å². The van der Waals surface area contributed by atoms with Crippen LogP contribution in [0.5, 0.6) is 0 Å². The van der Waals surface area contributed by atoms with Crippen molar-refractivity contribution in [1.82, 2.24) is 0 Å². The molecular weight excluding hydrogens is 279 g/mol. The van der Waals surface area contributed by atoms with Crippen molar-refractivity contribution in [2.24, 2.45) is 0 Å². The zero-order valence-corrected chi connectivity index (χ0v) is 12.5. The Morgan fingerprint density at radius 2 is 1.05 bits per heavy atom. The molecule has 3 heteroatoms. The van der Waals surface area contributed by atoms with Crippen molar-refractivity contribution < 1.29 is 9.59 Å². The van der Waals surface area contributed by atoms with Crippen LogP contribution in [0.3, 0.4) is 0 Å². The largest absolute Gasteiger partial charge is 0.309 e. The Balaban J connectivity index is 2.85. The second-order valence-corrected chi connectivity index (χ2v) is 7.68. The summed E-state index contributed by atoms with van der Waals surface area (Å²) < 4.78 is 0. The van der Waals surface area contributed by atoms with Gasteiger partial charge in [0.2, 0.25) is 7.26 Å². The minimum absolute atomic E-state index is 0.246. The summed E-state index contributed by atoms with van der Waals surface area (Å²) in [6, 6.07) is 18.3. The number of benzene rings is 2. The van der Waals surface area contributed by atoms with E-state index >= 15 is 0 Å². The first kappa shape index (κ1) is 15.1. The molecule has 2 aromatic rings. The summed E-state index contributed by atoms with van der Waals surface area (Å²) >= 11 is 0. The molecule has 0 unspecified atom stereocenters. The summed E-state index contributed by atoms with van der Waals surface area (Å²) in [7, 11) is -2.90.